The summed E-state index contributed by atoms with van der Waals surface area (Å²) in [6, 6.07) is 9.18. The van der Waals surface area contributed by atoms with Crippen LogP contribution in [0.2, 0.25) is 0 Å². The van der Waals surface area contributed by atoms with Gasteiger partial charge in [-0.2, -0.15) is 0 Å². The predicted molar refractivity (Wildman–Crippen MR) is 138 cm³/mol. The minimum atomic E-state index is -0.128. The van der Waals surface area contributed by atoms with Gasteiger partial charge in [0.05, 0.1) is 6.61 Å². The highest BCUT2D eigenvalue weighted by Gasteiger charge is 2.12. The van der Waals surface area contributed by atoms with Crippen molar-refractivity contribution in [1.29, 1.82) is 5.41 Å². The zero-order valence-electron chi connectivity index (χ0n) is 20.3. The molecule has 0 radical (unpaired) electrons. The topological polar surface area (TPSA) is 70.3 Å². The van der Waals surface area contributed by atoms with Crippen molar-refractivity contribution in [2.75, 3.05) is 38.1 Å². The summed E-state index contributed by atoms with van der Waals surface area (Å²) in [6.07, 6.45) is 11.7. The van der Waals surface area contributed by atoms with Crippen molar-refractivity contribution in [2.45, 2.75) is 58.8 Å². The number of ether oxygens (including phenoxy) is 1. The molecule has 3 rings (SSSR count). The molecule has 1 fully saturated rings. The lowest BCUT2D eigenvalue weighted by Gasteiger charge is -2.17. The number of nitrogens with zero attached hydrogens (tertiary/aromatic N) is 2. The molecule has 33 heavy (non-hydrogen) atoms. The van der Waals surface area contributed by atoms with Crippen LogP contribution in [0.15, 0.2) is 41.3 Å². The summed E-state index contributed by atoms with van der Waals surface area (Å²) in [5, 5.41) is 11.3. The summed E-state index contributed by atoms with van der Waals surface area (Å²) in [4.78, 5) is 15.2. The van der Waals surface area contributed by atoms with E-state index in [1.54, 1.807) is 16.8 Å². The van der Waals surface area contributed by atoms with E-state index in [4.69, 9.17) is 10.1 Å². The van der Waals surface area contributed by atoms with Crippen molar-refractivity contribution < 1.29 is 4.74 Å². The molecule has 2 N–H and O–H groups in total. The number of unbranched alkanes of at least 4 members (excludes halogenated alkanes) is 2. The Hall–Kier alpha value is -2.60. The van der Waals surface area contributed by atoms with Crippen LogP contribution >= 0.6 is 0 Å². The Morgan fingerprint density at radius 3 is 2.67 bits per heavy atom. The van der Waals surface area contributed by atoms with Crippen LogP contribution in [0.1, 0.15) is 64.4 Å². The number of nitrogens with one attached hydrogen (secondary N) is 2. The molecule has 0 spiro atoms. The number of benzene rings is 1. The molecule has 6 nitrogen and oxygen atoms in total. The fraction of sp³-hybridized carbons (Fsp3) is 0.556. The predicted octanol–water partition coefficient (Wildman–Crippen LogP) is 5.33. The Morgan fingerprint density at radius 1 is 1.15 bits per heavy atom. The smallest absolute Gasteiger partial charge is 0.258 e. The van der Waals surface area contributed by atoms with Crippen molar-refractivity contribution in [1.82, 2.24) is 9.47 Å². The van der Waals surface area contributed by atoms with E-state index in [0.29, 0.717) is 18.3 Å². The molecule has 1 aromatic heterocycles. The van der Waals surface area contributed by atoms with Crippen LogP contribution < -0.4 is 15.6 Å². The van der Waals surface area contributed by atoms with Gasteiger partial charge in [-0.25, -0.2) is 0 Å². The molecule has 6 heteroatoms. The lowest BCUT2D eigenvalue weighted by molar-refractivity contribution is 0.232. The standard InChI is InChI=1S/C27H40N4O2/c1-3-5-6-9-22(4-2)21-33-25-12-16-31(27(32)19-25)24-10-11-26(23(18-24)20-28)29-13-17-30-14-7-8-15-30/h10-12,16,18-20,22,28-29H,3-9,13-15,17,21H2,1-2H3. The lowest BCUT2D eigenvalue weighted by atomic mass is 10.00. The van der Waals surface area contributed by atoms with E-state index in [2.05, 4.69) is 24.1 Å². The van der Waals surface area contributed by atoms with Crippen LogP contribution in [0.4, 0.5) is 5.69 Å². The van der Waals surface area contributed by atoms with Gasteiger partial charge < -0.3 is 20.4 Å². The van der Waals surface area contributed by atoms with E-state index in [1.807, 2.05) is 24.3 Å². The van der Waals surface area contributed by atoms with E-state index in [1.165, 1.54) is 57.8 Å². The highest BCUT2D eigenvalue weighted by atomic mass is 16.5. The number of pyridine rings is 1. The first-order chi connectivity index (χ1) is 16.1. The number of aromatic nitrogens is 1. The second-order valence-corrected chi connectivity index (χ2v) is 9.04. The molecule has 1 unspecified atom stereocenters. The molecule has 0 amide bonds. The Labute approximate surface area is 198 Å². The van der Waals surface area contributed by atoms with Crippen LogP contribution in [0.3, 0.4) is 0 Å². The van der Waals surface area contributed by atoms with Crippen LogP contribution in [0.25, 0.3) is 5.69 Å². The van der Waals surface area contributed by atoms with Crippen molar-refractivity contribution in [3.63, 3.8) is 0 Å². The Balaban J connectivity index is 1.61. The summed E-state index contributed by atoms with van der Waals surface area (Å²) in [5.74, 6) is 1.15. The van der Waals surface area contributed by atoms with Gasteiger partial charge in [0, 0.05) is 48.5 Å². The van der Waals surface area contributed by atoms with Crippen LogP contribution in [-0.4, -0.2) is 48.5 Å². The summed E-state index contributed by atoms with van der Waals surface area (Å²) < 4.78 is 7.55. The van der Waals surface area contributed by atoms with Crippen molar-refractivity contribution in [2.24, 2.45) is 5.92 Å². The molecule has 1 atom stereocenters. The SMILES string of the molecule is CCCCCC(CC)COc1ccn(-c2ccc(NCCN3CCCC3)c(C=N)c2)c(=O)c1. The highest BCUT2D eigenvalue weighted by molar-refractivity contribution is 5.86. The van der Waals surface area contributed by atoms with Gasteiger partial charge in [-0.1, -0.05) is 39.5 Å². The Kier molecular flexibility index (Phi) is 10.0. The van der Waals surface area contributed by atoms with Gasteiger partial charge in [-0.3, -0.25) is 9.36 Å². The second kappa shape index (κ2) is 13.2. The lowest BCUT2D eigenvalue weighted by Crippen LogP contribution is -2.26. The number of rotatable bonds is 14. The first kappa shape index (κ1) is 25.0. The Bertz CT molecular complexity index is 934. The van der Waals surface area contributed by atoms with E-state index < -0.39 is 0 Å². The molecule has 0 bridgehead atoms. The van der Waals surface area contributed by atoms with Gasteiger partial charge in [-0.05, 0) is 62.5 Å². The van der Waals surface area contributed by atoms with E-state index in [-0.39, 0.29) is 5.56 Å². The van der Waals surface area contributed by atoms with Gasteiger partial charge in [-0.15, -0.1) is 0 Å². The second-order valence-electron chi connectivity index (χ2n) is 9.04. The van der Waals surface area contributed by atoms with Gasteiger partial charge in [0.15, 0.2) is 0 Å². The highest BCUT2D eigenvalue weighted by Crippen LogP contribution is 2.20. The number of anilines is 1. The van der Waals surface area contributed by atoms with E-state index in [0.717, 1.165) is 36.4 Å². The van der Waals surface area contributed by atoms with Crippen LogP contribution in [-0.2, 0) is 0 Å². The minimum absolute atomic E-state index is 0.128. The zero-order chi connectivity index (χ0) is 23.5. The maximum Gasteiger partial charge on any atom is 0.258 e. The van der Waals surface area contributed by atoms with E-state index >= 15 is 0 Å². The number of likely N-dealkylation sites (tertiary alicyclic amines) is 1. The van der Waals surface area contributed by atoms with Gasteiger partial charge in [0.25, 0.3) is 5.56 Å². The molecule has 1 aromatic carbocycles. The fourth-order valence-corrected chi connectivity index (χ4v) is 4.40. The Morgan fingerprint density at radius 2 is 1.97 bits per heavy atom. The third-order valence-corrected chi connectivity index (χ3v) is 6.58. The normalized spacial score (nSPS) is 14.8. The molecular weight excluding hydrogens is 412 g/mol. The monoisotopic (exact) mass is 452 g/mol. The maximum absolute atomic E-state index is 12.8. The molecule has 1 aliphatic rings. The third kappa shape index (κ3) is 7.46. The molecular formula is C27H40N4O2. The molecule has 0 saturated carbocycles. The summed E-state index contributed by atoms with van der Waals surface area (Å²) in [7, 11) is 0. The average molecular weight is 453 g/mol. The van der Waals surface area contributed by atoms with Crippen LogP contribution in [0, 0.1) is 11.3 Å². The van der Waals surface area contributed by atoms with E-state index in [9.17, 15) is 4.79 Å². The maximum atomic E-state index is 12.8. The molecule has 1 aliphatic heterocycles. The molecule has 2 aromatic rings. The largest absolute Gasteiger partial charge is 0.493 e. The fourth-order valence-electron chi connectivity index (χ4n) is 4.40. The van der Waals surface area contributed by atoms with Gasteiger partial charge in [0.2, 0.25) is 0 Å². The molecule has 2 heterocycles. The number of hydrogen-bond donors (Lipinski definition) is 2. The quantitative estimate of drug-likeness (QED) is 0.300. The summed E-state index contributed by atoms with van der Waals surface area (Å²) in [6.45, 7) is 9.29. The number of hydrogen-bond acceptors (Lipinski definition) is 5. The van der Waals surface area contributed by atoms with Crippen molar-refractivity contribution >= 4 is 11.9 Å². The molecule has 180 valence electrons. The summed E-state index contributed by atoms with van der Waals surface area (Å²) in [5.41, 5.74) is 2.33. The minimum Gasteiger partial charge on any atom is -0.493 e. The van der Waals surface area contributed by atoms with Crippen molar-refractivity contribution in [3.05, 3.63) is 52.4 Å². The first-order valence-corrected chi connectivity index (χ1v) is 12.6. The van der Waals surface area contributed by atoms with Gasteiger partial charge >= 0.3 is 0 Å². The third-order valence-electron chi connectivity index (χ3n) is 6.58. The zero-order valence-corrected chi connectivity index (χ0v) is 20.3. The van der Waals surface area contributed by atoms with Crippen LogP contribution in [0.5, 0.6) is 5.75 Å². The molecule has 1 saturated heterocycles. The van der Waals surface area contributed by atoms with Gasteiger partial charge in [0.1, 0.15) is 5.75 Å². The molecule has 0 aliphatic carbocycles. The van der Waals surface area contributed by atoms with Crippen molar-refractivity contribution in [3.8, 4) is 11.4 Å². The average Bonchev–Trinajstić information content (AvgIpc) is 3.35. The summed E-state index contributed by atoms with van der Waals surface area (Å²) >= 11 is 0. The first-order valence-electron chi connectivity index (χ1n) is 12.6.